The molecule has 0 saturated carbocycles. The lowest BCUT2D eigenvalue weighted by Gasteiger charge is -2.25. The molecule has 2 aromatic carbocycles. The molecule has 7 nitrogen and oxygen atoms in total. The van der Waals surface area contributed by atoms with Gasteiger partial charge in [-0.1, -0.05) is 79.7 Å². The van der Waals surface area contributed by atoms with Crippen LogP contribution in [0.3, 0.4) is 0 Å². The van der Waals surface area contributed by atoms with Crippen LogP contribution in [0.4, 0.5) is 0 Å². The zero-order valence-electron chi connectivity index (χ0n) is 19.4. The van der Waals surface area contributed by atoms with E-state index in [-0.39, 0.29) is 31.5 Å². The van der Waals surface area contributed by atoms with Crippen LogP contribution >= 0.6 is 0 Å². The number of esters is 1. The number of nitrogens with one attached hydrogen (secondary N) is 2. The SMILES string of the molecule is CC1CC=CCC(C(=O)N[C@@H](CO)Cc2ccccc2)C(=O)NC(c2ccccc2)COC1=O. The van der Waals surface area contributed by atoms with Gasteiger partial charge in [-0.2, -0.15) is 0 Å². The molecule has 2 amide bonds. The maximum absolute atomic E-state index is 13.2. The highest BCUT2D eigenvalue weighted by atomic mass is 16.5. The number of ether oxygens (including phenoxy) is 1. The molecule has 1 heterocycles. The van der Waals surface area contributed by atoms with Gasteiger partial charge in [0.25, 0.3) is 0 Å². The Bertz CT molecular complexity index is 977. The summed E-state index contributed by atoms with van der Waals surface area (Å²) in [4.78, 5) is 38.7. The molecule has 1 aliphatic heterocycles. The molecule has 4 atom stereocenters. The summed E-state index contributed by atoms with van der Waals surface area (Å²) in [5, 5.41) is 15.5. The second-order valence-electron chi connectivity index (χ2n) is 8.58. The van der Waals surface area contributed by atoms with Gasteiger partial charge in [0.2, 0.25) is 11.8 Å². The van der Waals surface area contributed by atoms with Crippen LogP contribution in [0, 0.1) is 11.8 Å². The van der Waals surface area contributed by atoms with E-state index in [1.807, 2.05) is 60.7 Å². The molecule has 3 rings (SSSR count). The zero-order chi connectivity index (χ0) is 24.3. The monoisotopic (exact) mass is 464 g/mol. The van der Waals surface area contributed by atoms with E-state index in [4.69, 9.17) is 4.74 Å². The van der Waals surface area contributed by atoms with Crippen molar-refractivity contribution in [1.29, 1.82) is 0 Å². The molecule has 0 aliphatic carbocycles. The number of cyclic esters (lactones) is 1. The van der Waals surface area contributed by atoms with Gasteiger partial charge in [-0.05, 0) is 30.4 Å². The largest absolute Gasteiger partial charge is 0.463 e. The third-order valence-corrected chi connectivity index (χ3v) is 5.87. The average molecular weight is 465 g/mol. The van der Waals surface area contributed by atoms with E-state index in [9.17, 15) is 19.5 Å². The number of amides is 2. The van der Waals surface area contributed by atoms with Crippen LogP contribution in [0.5, 0.6) is 0 Å². The topological polar surface area (TPSA) is 105 Å². The third kappa shape index (κ3) is 7.28. The molecule has 34 heavy (non-hydrogen) atoms. The van der Waals surface area contributed by atoms with Gasteiger partial charge in [-0.25, -0.2) is 0 Å². The van der Waals surface area contributed by atoms with Crippen molar-refractivity contribution in [3.63, 3.8) is 0 Å². The van der Waals surface area contributed by atoms with E-state index < -0.39 is 29.8 Å². The number of carbonyl (C=O) groups excluding carboxylic acids is 3. The molecular formula is C27H32N2O5. The minimum Gasteiger partial charge on any atom is -0.463 e. The van der Waals surface area contributed by atoms with E-state index in [1.165, 1.54) is 0 Å². The Labute approximate surface area is 200 Å². The predicted molar refractivity (Wildman–Crippen MR) is 128 cm³/mol. The summed E-state index contributed by atoms with van der Waals surface area (Å²) in [6.07, 6.45) is 4.64. The quantitative estimate of drug-likeness (QED) is 0.346. The Morgan fingerprint density at radius 3 is 2.38 bits per heavy atom. The van der Waals surface area contributed by atoms with Gasteiger partial charge in [-0.3, -0.25) is 14.4 Å². The normalized spacial score (nSPS) is 22.5. The first-order valence-electron chi connectivity index (χ1n) is 11.6. The maximum atomic E-state index is 13.2. The number of carbonyl (C=O) groups is 3. The molecule has 3 unspecified atom stereocenters. The number of rotatable bonds is 6. The van der Waals surface area contributed by atoms with Crippen molar-refractivity contribution in [1.82, 2.24) is 10.6 Å². The Morgan fingerprint density at radius 2 is 1.71 bits per heavy atom. The number of aliphatic hydroxyl groups is 1. The molecule has 0 fully saturated rings. The van der Waals surface area contributed by atoms with E-state index in [1.54, 1.807) is 19.1 Å². The average Bonchev–Trinajstić information content (AvgIpc) is 2.86. The summed E-state index contributed by atoms with van der Waals surface area (Å²) in [5.74, 6) is -2.57. The van der Waals surface area contributed by atoms with Crippen LogP contribution in [-0.4, -0.2) is 42.1 Å². The second-order valence-corrected chi connectivity index (χ2v) is 8.58. The van der Waals surface area contributed by atoms with E-state index in [0.717, 1.165) is 11.1 Å². The van der Waals surface area contributed by atoms with E-state index in [0.29, 0.717) is 12.8 Å². The van der Waals surface area contributed by atoms with Gasteiger partial charge >= 0.3 is 5.97 Å². The van der Waals surface area contributed by atoms with Gasteiger partial charge in [0, 0.05) is 0 Å². The van der Waals surface area contributed by atoms with Crippen LogP contribution < -0.4 is 10.6 Å². The smallest absolute Gasteiger partial charge is 0.309 e. The maximum Gasteiger partial charge on any atom is 0.309 e. The molecule has 7 heteroatoms. The Hall–Kier alpha value is -3.45. The fraction of sp³-hybridized carbons (Fsp3) is 0.370. The van der Waals surface area contributed by atoms with Crippen molar-refractivity contribution in [2.24, 2.45) is 11.8 Å². The van der Waals surface area contributed by atoms with Crippen LogP contribution in [0.25, 0.3) is 0 Å². The number of hydrogen-bond acceptors (Lipinski definition) is 5. The summed E-state index contributed by atoms with van der Waals surface area (Å²) in [7, 11) is 0. The van der Waals surface area contributed by atoms with Crippen molar-refractivity contribution in [2.75, 3.05) is 13.2 Å². The third-order valence-electron chi connectivity index (χ3n) is 5.87. The summed E-state index contributed by atoms with van der Waals surface area (Å²) < 4.78 is 5.47. The molecule has 0 bridgehead atoms. The van der Waals surface area contributed by atoms with Gasteiger partial charge in [-0.15, -0.1) is 0 Å². The highest BCUT2D eigenvalue weighted by molar-refractivity contribution is 6.00. The fourth-order valence-electron chi connectivity index (χ4n) is 3.81. The summed E-state index contributed by atoms with van der Waals surface area (Å²) in [6.45, 7) is 1.52. The van der Waals surface area contributed by atoms with Gasteiger partial charge in [0.1, 0.15) is 12.5 Å². The molecule has 0 aromatic heterocycles. The minimum absolute atomic E-state index is 0.0236. The lowest BCUT2D eigenvalue weighted by Crippen LogP contribution is -2.48. The lowest BCUT2D eigenvalue weighted by atomic mass is 9.98. The molecule has 0 saturated heterocycles. The van der Waals surface area contributed by atoms with Crippen LogP contribution in [0.2, 0.25) is 0 Å². The first kappa shape index (κ1) is 25.2. The van der Waals surface area contributed by atoms with Gasteiger partial charge in [0.15, 0.2) is 0 Å². The summed E-state index contributed by atoms with van der Waals surface area (Å²) >= 11 is 0. The van der Waals surface area contributed by atoms with Crippen molar-refractivity contribution < 1.29 is 24.2 Å². The van der Waals surface area contributed by atoms with Crippen molar-refractivity contribution in [3.8, 4) is 0 Å². The minimum atomic E-state index is -0.988. The highest BCUT2D eigenvalue weighted by Gasteiger charge is 2.30. The van der Waals surface area contributed by atoms with E-state index >= 15 is 0 Å². The second kappa shape index (κ2) is 12.7. The Morgan fingerprint density at radius 1 is 1.06 bits per heavy atom. The predicted octanol–water partition coefficient (Wildman–Crippen LogP) is 2.71. The number of aliphatic hydroxyl groups excluding tert-OH is 1. The molecule has 180 valence electrons. The Balaban J connectivity index is 1.78. The highest BCUT2D eigenvalue weighted by Crippen LogP contribution is 2.18. The van der Waals surface area contributed by atoms with Crippen molar-refractivity contribution in [3.05, 3.63) is 83.9 Å². The summed E-state index contributed by atoms with van der Waals surface area (Å²) in [5.41, 5.74) is 1.75. The first-order chi connectivity index (χ1) is 16.5. The van der Waals surface area contributed by atoms with Crippen LogP contribution in [-0.2, 0) is 25.5 Å². The molecular weight excluding hydrogens is 432 g/mol. The molecule has 1 aliphatic rings. The van der Waals surface area contributed by atoms with Gasteiger partial charge < -0.3 is 20.5 Å². The standard InChI is InChI=1S/C27H32N2O5/c1-19-10-8-9-15-23(25(31)28-22(17-30)16-20-11-4-2-5-12-20)26(32)29-24(18-34-27(19)33)21-13-6-3-7-14-21/h2-9,11-14,19,22-24,30H,10,15-18H2,1H3,(H,28,31)(H,29,32)/t19?,22-,23?,24?/m1/s1. The molecule has 3 N–H and O–H groups in total. The lowest BCUT2D eigenvalue weighted by molar-refractivity contribution is -0.149. The van der Waals surface area contributed by atoms with Crippen molar-refractivity contribution >= 4 is 17.8 Å². The Kier molecular flexibility index (Phi) is 9.40. The van der Waals surface area contributed by atoms with Crippen LogP contribution in [0.15, 0.2) is 72.8 Å². The van der Waals surface area contributed by atoms with E-state index in [2.05, 4.69) is 10.6 Å². The number of allylic oxidation sites excluding steroid dienone is 2. The molecule has 0 radical (unpaired) electrons. The van der Waals surface area contributed by atoms with Gasteiger partial charge in [0.05, 0.1) is 24.6 Å². The fourth-order valence-corrected chi connectivity index (χ4v) is 3.81. The summed E-state index contributed by atoms with van der Waals surface area (Å²) in [6, 6.07) is 17.7. The van der Waals surface area contributed by atoms with Crippen LogP contribution in [0.1, 0.15) is 36.9 Å². The number of benzene rings is 2. The molecule has 0 spiro atoms. The van der Waals surface area contributed by atoms with Crippen molar-refractivity contribution in [2.45, 2.75) is 38.3 Å². The zero-order valence-corrected chi connectivity index (χ0v) is 19.4. The number of hydrogen-bond donors (Lipinski definition) is 3. The first-order valence-corrected chi connectivity index (χ1v) is 11.6. The molecule has 2 aromatic rings.